The van der Waals surface area contributed by atoms with Crippen LogP contribution in [0.4, 0.5) is 0 Å². The Morgan fingerprint density at radius 3 is 2.88 bits per heavy atom. The van der Waals surface area contributed by atoms with E-state index >= 15 is 0 Å². The fraction of sp³-hybridized carbons (Fsp3) is 0.250. The van der Waals surface area contributed by atoms with Gasteiger partial charge in [-0.2, -0.15) is 0 Å². The lowest BCUT2D eigenvalue weighted by atomic mass is 10.0. The lowest BCUT2D eigenvalue weighted by molar-refractivity contribution is 0.0748. The summed E-state index contributed by atoms with van der Waals surface area (Å²) in [4.78, 5) is 15.0. The molecule has 2 aromatic carbocycles. The van der Waals surface area contributed by atoms with Crippen LogP contribution in [-0.4, -0.2) is 22.5 Å². The first kappa shape index (κ1) is 16.3. The number of fused-ring (bicyclic) bond motifs is 2. The number of nitrogens with zero attached hydrogens (tertiary/aromatic N) is 1. The SMILES string of the molecule is NC(O)c1ccc2c(c1)CCCN(C(=O)c1csc3ccccc13)C2. The Labute approximate surface area is 150 Å². The maximum absolute atomic E-state index is 13.1. The minimum atomic E-state index is -0.955. The molecule has 1 amide bonds. The number of thiophene rings is 1. The normalized spacial score (nSPS) is 15.7. The second-order valence-corrected chi connectivity index (χ2v) is 7.36. The number of aliphatic hydroxyl groups excluding tert-OH is 1. The summed E-state index contributed by atoms with van der Waals surface area (Å²) in [5.74, 6) is 0.0910. The van der Waals surface area contributed by atoms with Gasteiger partial charge < -0.3 is 15.7 Å². The average Bonchev–Trinajstić information content (AvgIpc) is 2.93. The van der Waals surface area contributed by atoms with E-state index in [0.717, 1.165) is 46.2 Å². The highest BCUT2D eigenvalue weighted by Gasteiger charge is 2.22. The van der Waals surface area contributed by atoms with Gasteiger partial charge in [-0.1, -0.05) is 36.4 Å². The van der Waals surface area contributed by atoms with Crippen molar-refractivity contribution in [1.29, 1.82) is 0 Å². The molecule has 0 saturated heterocycles. The van der Waals surface area contributed by atoms with Gasteiger partial charge in [-0.3, -0.25) is 4.79 Å². The van der Waals surface area contributed by atoms with Gasteiger partial charge in [0.25, 0.3) is 5.91 Å². The summed E-state index contributed by atoms with van der Waals surface area (Å²) >= 11 is 1.61. The van der Waals surface area contributed by atoms with Crippen molar-refractivity contribution in [2.24, 2.45) is 5.73 Å². The summed E-state index contributed by atoms with van der Waals surface area (Å²) in [7, 11) is 0. The van der Waals surface area contributed by atoms with Crippen LogP contribution in [0.15, 0.2) is 47.8 Å². The fourth-order valence-corrected chi connectivity index (χ4v) is 4.38. The average molecular weight is 352 g/mol. The molecule has 4 nitrogen and oxygen atoms in total. The molecule has 0 saturated carbocycles. The van der Waals surface area contributed by atoms with Crippen molar-refractivity contribution in [2.75, 3.05) is 6.54 Å². The van der Waals surface area contributed by atoms with E-state index in [1.807, 2.05) is 52.7 Å². The van der Waals surface area contributed by atoms with Gasteiger partial charge in [0.2, 0.25) is 0 Å². The van der Waals surface area contributed by atoms with Crippen LogP contribution >= 0.6 is 11.3 Å². The molecule has 1 aliphatic heterocycles. The summed E-state index contributed by atoms with van der Waals surface area (Å²) in [5.41, 5.74) is 9.39. The van der Waals surface area contributed by atoms with E-state index in [1.165, 1.54) is 5.56 Å². The zero-order valence-electron chi connectivity index (χ0n) is 13.8. The van der Waals surface area contributed by atoms with Crippen LogP contribution in [0.5, 0.6) is 0 Å². The lowest BCUT2D eigenvalue weighted by Gasteiger charge is -2.21. The van der Waals surface area contributed by atoms with Gasteiger partial charge in [-0.05, 0) is 35.6 Å². The molecule has 1 atom stereocenters. The third kappa shape index (κ3) is 3.06. The highest BCUT2D eigenvalue weighted by Crippen LogP contribution is 2.29. The maximum Gasteiger partial charge on any atom is 0.255 e. The Hall–Kier alpha value is -2.21. The van der Waals surface area contributed by atoms with E-state index in [9.17, 15) is 9.90 Å². The number of aliphatic hydroxyl groups is 1. The van der Waals surface area contributed by atoms with Crippen LogP contribution in [-0.2, 0) is 13.0 Å². The quantitative estimate of drug-likeness (QED) is 0.694. The number of hydrogen-bond donors (Lipinski definition) is 2. The van der Waals surface area contributed by atoms with E-state index in [2.05, 4.69) is 0 Å². The van der Waals surface area contributed by atoms with Gasteiger partial charge >= 0.3 is 0 Å². The zero-order chi connectivity index (χ0) is 17.4. The van der Waals surface area contributed by atoms with Crippen LogP contribution in [0.3, 0.4) is 0 Å². The number of carbonyl (C=O) groups excluding carboxylic acids is 1. The first-order chi connectivity index (χ1) is 12.1. The van der Waals surface area contributed by atoms with Crippen molar-refractivity contribution in [2.45, 2.75) is 25.6 Å². The van der Waals surface area contributed by atoms with Gasteiger partial charge in [0, 0.05) is 28.6 Å². The first-order valence-corrected chi connectivity index (χ1v) is 9.32. The summed E-state index contributed by atoms with van der Waals surface area (Å²) in [6.07, 6.45) is 0.845. The van der Waals surface area contributed by atoms with Crippen LogP contribution in [0, 0.1) is 0 Å². The number of amides is 1. The molecule has 1 aliphatic rings. The van der Waals surface area contributed by atoms with Gasteiger partial charge in [0.15, 0.2) is 0 Å². The van der Waals surface area contributed by atoms with Crippen LogP contribution in [0.25, 0.3) is 10.1 Å². The minimum absolute atomic E-state index is 0.0910. The number of aryl methyl sites for hydroxylation is 1. The van der Waals surface area contributed by atoms with Crippen LogP contribution in [0.1, 0.15) is 39.7 Å². The molecule has 1 unspecified atom stereocenters. The number of carbonyl (C=O) groups is 1. The van der Waals surface area contributed by atoms with Gasteiger partial charge in [-0.25, -0.2) is 0 Å². The van der Waals surface area contributed by atoms with Crippen molar-refractivity contribution in [3.63, 3.8) is 0 Å². The molecule has 5 heteroatoms. The fourth-order valence-electron chi connectivity index (χ4n) is 3.45. The molecule has 3 aromatic rings. The molecular weight excluding hydrogens is 332 g/mol. The molecule has 0 fully saturated rings. The first-order valence-electron chi connectivity index (χ1n) is 8.44. The largest absolute Gasteiger partial charge is 0.375 e. The standard InChI is InChI=1S/C20H20N2O2S/c21-19(23)14-7-8-15-11-22(9-3-4-13(15)10-14)20(24)17-12-25-18-6-2-1-5-16(17)18/h1-2,5-8,10,12,19,23H,3-4,9,11,21H2. The molecule has 0 aliphatic carbocycles. The molecular formula is C20H20N2O2S. The van der Waals surface area contributed by atoms with Crippen molar-refractivity contribution in [3.8, 4) is 0 Å². The van der Waals surface area contributed by atoms with Gasteiger partial charge in [0.05, 0.1) is 5.56 Å². The minimum Gasteiger partial charge on any atom is -0.375 e. The van der Waals surface area contributed by atoms with E-state index in [1.54, 1.807) is 11.3 Å². The Balaban J connectivity index is 1.64. The van der Waals surface area contributed by atoms with Gasteiger partial charge in [0.1, 0.15) is 6.23 Å². The number of rotatable bonds is 2. The monoisotopic (exact) mass is 352 g/mol. The molecule has 1 aromatic heterocycles. The van der Waals surface area contributed by atoms with E-state index in [-0.39, 0.29) is 5.91 Å². The Kier molecular flexibility index (Phi) is 4.29. The van der Waals surface area contributed by atoms with E-state index < -0.39 is 6.23 Å². The van der Waals surface area contributed by atoms with Crippen molar-refractivity contribution >= 4 is 27.3 Å². The molecule has 0 bridgehead atoms. The number of nitrogens with two attached hydrogens (primary N) is 1. The van der Waals surface area contributed by atoms with Crippen molar-refractivity contribution in [1.82, 2.24) is 4.90 Å². The molecule has 0 radical (unpaired) electrons. The molecule has 4 rings (SSSR count). The molecule has 128 valence electrons. The summed E-state index contributed by atoms with van der Waals surface area (Å²) in [6, 6.07) is 13.8. The topological polar surface area (TPSA) is 66.6 Å². The third-order valence-electron chi connectivity index (χ3n) is 4.81. The summed E-state index contributed by atoms with van der Waals surface area (Å²) in [6.45, 7) is 1.33. The Bertz CT molecular complexity index is 932. The van der Waals surface area contributed by atoms with Crippen molar-refractivity contribution in [3.05, 3.63) is 70.1 Å². The number of benzene rings is 2. The van der Waals surface area contributed by atoms with Crippen molar-refractivity contribution < 1.29 is 9.90 Å². The molecule has 3 N–H and O–H groups in total. The zero-order valence-corrected chi connectivity index (χ0v) is 14.6. The second kappa shape index (κ2) is 6.59. The molecule has 0 spiro atoms. The van der Waals surface area contributed by atoms with Crippen LogP contribution < -0.4 is 5.73 Å². The maximum atomic E-state index is 13.1. The second-order valence-electron chi connectivity index (χ2n) is 6.45. The van der Waals surface area contributed by atoms with Crippen LogP contribution in [0.2, 0.25) is 0 Å². The van der Waals surface area contributed by atoms with Gasteiger partial charge in [-0.15, -0.1) is 11.3 Å². The Morgan fingerprint density at radius 2 is 2.04 bits per heavy atom. The highest BCUT2D eigenvalue weighted by molar-refractivity contribution is 7.17. The number of hydrogen-bond acceptors (Lipinski definition) is 4. The smallest absolute Gasteiger partial charge is 0.255 e. The molecule has 2 heterocycles. The van der Waals surface area contributed by atoms with E-state index in [4.69, 9.17) is 5.73 Å². The Morgan fingerprint density at radius 1 is 1.20 bits per heavy atom. The lowest BCUT2D eigenvalue weighted by Crippen LogP contribution is -2.30. The summed E-state index contributed by atoms with van der Waals surface area (Å²) < 4.78 is 1.14. The van der Waals surface area contributed by atoms with E-state index in [0.29, 0.717) is 6.54 Å². The predicted molar refractivity (Wildman–Crippen MR) is 100 cm³/mol. The third-order valence-corrected chi connectivity index (χ3v) is 5.77. The predicted octanol–water partition coefficient (Wildman–Crippen LogP) is 3.44. The highest BCUT2D eigenvalue weighted by atomic mass is 32.1. The summed E-state index contributed by atoms with van der Waals surface area (Å²) in [5, 5.41) is 12.6. The molecule has 25 heavy (non-hydrogen) atoms.